The van der Waals surface area contributed by atoms with Crippen LogP contribution in [0.3, 0.4) is 0 Å². The molecule has 5 heteroatoms. The van der Waals surface area contributed by atoms with Gasteiger partial charge < -0.3 is 14.7 Å². The van der Waals surface area contributed by atoms with Gasteiger partial charge in [-0.1, -0.05) is 0 Å². The first-order valence-electron chi connectivity index (χ1n) is 3.91. The molecule has 1 aliphatic heterocycles. The Morgan fingerprint density at radius 2 is 2.15 bits per heavy atom. The quantitative estimate of drug-likeness (QED) is 0.473. The molecular formula is C8H10N2O3. The summed E-state index contributed by atoms with van der Waals surface area (Å²) in [5.41, 5.74) is -0.234. The Labute approximate surface area is 75.8 Å². The SMILES string of the molecule is N#CC(=CN1CCOCC1)C(=O)O. The van der Waals surface area contributed by atoms with Gasteiger partial charge in [0.05, 0.1) is 13.2 Å². The van der Waals surface area contributed by atoms with Crippen LogP contribution in [0.1, 0.15) is 0 Å². The average Bonchev–Trinajstić information content (AvgIpc) is 2.15. The first-order chi connectivity index (χ1) is 6.24. The van der Waals surface area contributed by atoms with Gasteiger partial charge >= 0.3 is 5.97 Å². The second-order valence-electron chi connectivity index (χ2n) is 2.61. The Bertz CT molecular complexity index is 261. The predicted molar refractivity (Wildman–Crippen MR) is 43.7 cm³/mol. The minimum absolute atomic E-state index is 0.234. The summed E-state index contributed by atoms with van der Waals surface area (Å²) in [5, 5.41) is 17.0. The van der Waals surface area contributed by atoms with Crippen molar-refractivity contribution >= 4 is 5.97 Å². The maximum absolute atomic E-state index is 10.5. The van der Waals surface area contributed by atoms with Gasteiger partial charge in [0.25, 0.3) is 0 Å². The maximum atomic E-state index is 10.5. The smallest absolute Gasteiger partial charge is 0.347 e. The molecule has 0 aromatic rings. The van der Waals surface area contributed by atoms with Gasteiger partial charge in [-0.05, 0) is 0 Å². The third-order valence-electron chi connectivity index (χ3n) is 1.71. The zero-order chi connectivity index (χ0) is 9.68. The number of carboxylic acid groups (broad SMARTS) is 1. The summed E-state index contributed by atoms with van der Waals surface area (Å²) >= 11 is 0. The third kappa shape index (κ3) is 2.76. The van der Waals surface area contributed by atoms with Gasteiger partial charge in [0.2, 0.25) is 0 Å². The van der Waals surface area contributed by atoms with Crippen LogP contribution in [0.5, 0.6) is 0 Å². The summed E-state index contributed by atoms with van der Waals surface area (Å²) < 4.78 is 5.07. The highest BCUT2D eigenvalue weighted by molar-refractivity contribution is 5.90. The Morgan fingerprint density at radius 1 is 1.54 bits per heavy atom. The van der Waals surface area contributed by atoms with Crippen LogP contribution < -0.4 is 0 Å². The number of carbonyl (C=O) groups is 1. The van der Waals surface area contributed by atoms with Crippen LogP contribution in [0, 0.1) is 11.3 Å². The van der Waals surface area contributed by atoms with E-state index < -0.39 is 5.97 Å². The minimum Gasteiger partial charge on any atom is -0.477 e. The summed E-state index contributed by atoms with van der Waals surface area (Å²) in [7, 11) is 0. The number of rotatable bonds is 2. The molecule has 5 nitrogen and oxygen atoms in total. The van der Waals surface area contributed by atoms with Gasteiger partial charge in [0.1, 0.15) is 6.07 Å². The van der Waals surface area contributed by atoms with Crippen molar-refractivity contribution in [3.8, 4) is 6.07 Å². The molecule has 13 heavy (non-hydrogen) atoms. The fraction of sp³-hybridized carbons (Fsp3) is 0.500. The number of nitrogens with zero attached hydrogens (tertiary/aromatic N) is 2. The lowest BCUT2D eigenvalue weighted by Crippen LogP contribution is -2.32. The highest BCUT2D eigenvalue weighted by Gasteiger charge is 2.11. The number of ether oxygens (including phenoxy) is 1. The second-order valence-corrected chi connectivity index (χ2v) is 2.61. The Balaban J connectivity index is 2.61. The topological polar surface area (TPSA) is 73.6 Å². The van der Waals surface area contributed by atoms with Crippen LogP contribution in [0.2, 0.25) is 0 Å². The summed E-state index contributed by atoms with van der Waals surface area (Å²) in [5.74, 6) is -1.19. The van der Waals surface area contributed by atoms with E-state index in [0.29, 0.717) is 26.3 Å². The van der Waals surface area contributed by atoms with Crippen molar-refractivity contribution in [2.24, 2.45) is 0 Å². The van der Waals surface area contributed by atoms with Crippen LogP contribution in [-0.4, -0.2) is 42.3 Å². The number of carboxylic acids is 1. The molecule has 0 aromatic heterocycles. The van der Waals surface area contributed by atoms with E-state index >= 15 is 0 Å². The molecule has 1 saturated heterocycles. The van der Waals surface area contributed by atoms with Crippen molar-refractivity contribution in [1.82, 2.24) is 4.90 Å². The van der Waals surface area contributed by atoms with Crippen LogP contribution >= 0.6 is 0 Å². The van der Waals surface area contributed by atoms with E-state index in [1.807, 2.05) is 0 Å². The summed E-state index contributed by atoms with van der Waals surface area (Å²) in [4.78, 5) is 12.2. The lowest BCUT2D eigenvalue weighted by molar-refractivity contribution is -0.132. The number of aliphatic carboxylic acids is 1. The zero-order valence-electron chi connectivity index (χ0n) is 7.06. The second kappa shape index (κ2) is 4.48. The Kier molecular flexibility index (Phi) is 3.29. The van der Waals surface area contributed by atoms with Crippen molar-refractivity contribution in [3.63, 3.8) is 0 Å². The molecule has 1 heterocycles. The highest BCUT2D eigenvalue weighted by atomic mass is 16.5. The van der Waals surface area contributed by atoms with E-state index in [-0.39, 0.29) is 5.57 Å². The van der Waals surface area contributed by atoms with Crippen molar-refractivity contribution < 1.29 is 14.6 Å². The van der Waals surface area contributed by atoms with E-state index in [9.17, 15) is 4.79 Å². The molecule has 1 N–H and O–H groups in total. The largest absolute Gasteiger partial charge is 0.477 e. The monoisotopic (exact) mass is 182 g/mol. The Morgan fingerprint density at radius 3 is 2.62 bits per heavy atom. The highest BCUT2D eigenvalue weighted by Crippen LogP contribution is 2.01. The molecule has 1 fully saturated rings. The molecule has 0 spiro atoms. The zero-order valence-corrected chi connectivity index (χ0v) is 7.06. The maximum Gasteiger partial charge on any atom is 0.347 e. The molecule has 0 unspecified atom stereocenters. The summed E-state index contributed by atoms with van der Waals surface area (Å²) in [6.45, 7) is 2.43. The lowest BCUT2D eigenvalue weighted by atomic mass is 10.3. The van der Waals surface area contributed by atoms with E-state index in [1.165, 1.54) is 6.20 Å². The van der Waals surface area contributed by atoms with Gasteiger partial charge in [0.15, 0.2) is 5.57 Å². The fourth-order valence-corrected chi connectivity index (χ4v) is 1.02. The van der Waals surface area contributed by atoms with Gasteiger partial charge in [0, 0.05) is 19.3 Å². The van der Waals surface area contributed by atoms with Gasteiger partial charge in [-0.2, -0.15) is 5.26 Å². The molecule has 0 radical (unpaired) electrons. The summed E-state index contributed by atoms with van der Waals surface area (Å²) in [6, 6.07) is 1.63. The van der Waals surface area contributed by atoms with Gasteiger partial charge in [-0.15, -0.1) is 0 Å². The first-order valence-corrected chi connectivity index (χ1v) is 3.91. The number of nitriles is 1. The average molecular weight is 182 g/mol. The molecule has 0 amide bonds. The predicted octanol–water partition coefficient (Wildman–Crippen LogP) is -0.189. The van der Waals surface area contributed by atoms with Crippen LogP contribution in [0.15, 0.2) is 11.8 Å². The number of hydrogen-bond donors (Lipinski definition) is 1. The number of hydrogen-bond acceptors (Lipinski definition) is 4. The van der Waals surface area contributed by atoms with Gasteiger partial charge in [-0.3, -0.25) is 0 Å². The van der Waals surface area contributed by atoms with Crippen molar-refractivity contribution in [3.05, 3.63) is 11.8 Å². The third-order valence-corrected chi connectivity index (χ3v) is 1.71. The Hall–Kier alpha value is -1.54. The molecule has 0 bridgehead atoms. The van der Waals surface area contributed by atoms with Gasteiger partial charge in [-0.25, -0.2) is 4.79 Å². The molecule has 1 aliphatic rings. The fourth-order valence-electron chi connectivity index (χ4n) is 1.02. The standard InChI is InChI=1S/C8H10N2O3/c9-5-7(8(11)12)6-10-1-3-13-4-2-10/h6H,1-4H2,(H,11,12). The minimum atomic E-state index is -1.19. The van der Waals surface area contributed by atoms with E-state index in [0.717, 1.165) is 0 Å². The molecular weight excluding hydrogens is 172 g/mol. The van der Waals surface area contributed by atoms with E-state index in [4.69, 9.17) is 15.1 Å². The van der Waals surface area contributed by atoms with E-state index in [1.54, 1.807) is 11.0 Å². The molecule has 0 aliphatic carbocycles. The molecule has 70 valence electrons. The molecule has 0 atom stereocenters. The van der Waals surface area contributed by atoms with Crippen LogP contribution in [-0.2, 0) is 9.53 Å². The number of morpholine rings is 1. The molecule has 1 rings (SSSR count). The van der Waals surface area contributed by atoms with Crippen molar-refractivity contribution in [2.75, 3.05) is 26.3 Å². The normalized spacial score (nSPS) is 18.1. The van der Waals surface area contributed by atoms with Crippen molar-refractivity contribution in [1.29, 1.82) is 5.26 Å². The first kappa shape index (κ1) is 9.55. The summed E-state index contributed by atoms with van der Waals surface area (Å²) in [6.07, 6.45) is 1.37. The molecule has 0 aromatic carbocycles. The van der Waals surface area contributed by atoms with Crippen LogP contribution in [0.4, 0.5) is 0 Å². The molecule has 0 saturated carbocycles. The van der Waals surface area contributed by atoms with Crippen LogP contribution in [0.25, 0.3) is 0 Å². The lowest BCUT2D eigenvalue weighted by Gasteiger charge is -2.25. The van der Waals surface area contributed by atoms with Crippen molar-refractivity contribution in [2.45, 2.75) is 0 Å². The van der Waals surface area contributed by atoms with E-state index in [2.05, 4.69) is 0 Å².